The van der Waals surface area contributed by atoms with Crippen LogP contribution in [0.15, 0.2) is 11.6 Å². The van der Waals surface area contributed by atoms with E-state index in [1.165, 1.54) is 6.92 Å². The van der Waals surface area contributed by atoms with Gasteiger partial charge in [0.15, 0.2) is 5.78 Å². The van der Waals surface area contributed by atoms with Crippen LogP contribution in [0.5, 0.6) is 0 Å². The van der Waals surface area contributed by atoms with Gasteiger partial charge in [-0.25, -0.2) is 0 Å². The van der Waals surface area contributed by atoms with Gasteiger partial charge < -0.3 is 29.0 Å². The van der Waals surface area contributed by atoms with Crippen LogP contribution in [0.25, 0.3) is 0 Å². The number of nitrogens with zero attached hydrogens (tertiary/aromatic N) is 1. The van der Waals surface area contributed by atoms with Crippen molar-refractivity contribution in [2.24, 2.45) is 56.7 Å². The summed E-state index contributed by atoms with van der Waals surface area (Å²) >= 11 is 0. The van der Waals surface area contributed by atoms with Crippen LogP contribution >= 0.6 is 0 Å². The molecule has 3 saturated carbocycles. The lowest BCUT2D eigenvalue weighted by molar-refractivity contribution is -0.269. The zero-order valence-corrected chi connectivity index (χ0v) is 33.1. The van der Waals surface area contributed by atoms with Crippen LogP contribution in [0.3, 0.4) is 0 Å². The monoisotopic (exact) mass is 701 g/mol. The fourth-order valence-corrected chi connectivity index (χ4v) is 12.1. The lowest BCUT2D eigenvalue weighted by atomic mass is 9.34. The van der Waals surface area contributed by atoms with Gasteiger partial charge in [-0.1, -0.05) is 54.0 Å². The third kappa shape index (κ3) is 5.74. The van der Waals surface area contributed by atoms with Crippen LogP contribution in [0.2, 0.25) is 0 Å². The molecule has 9 nitrogen and oxygen atoms in total. The number of ether oxygens (including phenoxy) is 4. The fourth-order valence-electron chi connectivity index (χ4n) is 12.1. The lowest BCUT2D eigenvalue weighted by Crippen LogP contribution is -2.71. The first kappa shape index (κ1) is 39.4. The molecule has 1 saturated heterocycles. The van der Waals surface area contributed by atoms with Crippen molar-refractivity contribution >= 4 is 17.7 Å². The molecule has 9 heteroatoms. The molecule has 2 bridgehead atoms. The van der Waals surface area contributed by atoms with E-state index in [1.807, 2.05) is 19.9 Å². The zero-order chi connectivity index (χ0) is 37.2. The molecule has 5 rings (SSSR count). The molecular formula is C41H67NO8. The minimum Gasteiger partial charge on any atom is -0.481 e. The summed E-state index contributed by atoms with van der Waals surface area (Å²) in [6.45, 7) is 23.3. The number of carbonyl (C=O) groups is 3. The molecule has 0 aromatic heterocycles. The topological polar surface area (TPSA) is 112 Å². The molecule has 0 aromatic rings. The number of allylic oxidation sites excluding steroid dienone is 1. The highest BCUT2D eigenvalue weighted by Gasteiger charge is 2.74. The van der Waals surface area contributed by atoms with Crippen molar-refractivity contribution in [2.45, 2.75) is 126 Å². The molecule has 12 atom stereocenters. The molecule has 1 heterocycles. The molecule has 1 unspecified atom stereocenters. The number of hydrogen-bond acceptors (Lipinski definition) is 8. The Kier molecular flexibility index (Phi) is 10.7. The molecule has 5 aliphatic rings. The van der Waals surface area contributed by atoms with Gasteiger partial charge in [0.2, 0.25) is 0 Å². The maximum Gasteiger partial charge on any atom is 0.308 e. The number of ketones is 1. The smallest absolute Gasteiger partial charge is 0.308 e. The van der Waals surface area contributed by atoms with E-state index in [4.69, 9.17) is 18.9 Å². The summed E-state index contributed by atoms with van der Waals surface area (Å²) in [4.78, 5) is 43.3. The largest absolute Gasteiger partial charge is 0.481 e. The maximum atomic E-state index is 14.9. The molecule has 0 spiro atoms. The van der Waals surface area contributed by atoms with Gasteiger partial charge in [0.1, 0.15) is 12.2 Å². The molecular weight excluding hydrogens is 634 g/mol. The van der Waals surface area contributed by atoms with E-state index in [-0.39, 0.29) is 35.0 Å². The summed E-state index contributed by atoms with van der Waals surface area (Å²) in [6, 6.07) is 0. The molecule has 1 N–H and O–H groups in total. The van der Waals surface area contributed by atoms with Gasteiger partial charge in [0, 0.05) is 41.9 Å². The Labute approximate surface area is 301 Å². The third-order valence-electron chi connectivity index (χ3n) is 15.9. The van der Waals surface area contributed by atoms with Crippen molar-refractivity contribution in [3.8, 4) is 0 Å². The molecule has 0 aromatic carbocycles. The number of carboxylic acids is 1. The highest BCUT2D eigenvalue weighted by Crippen LogP contribution is 2.74. The average molecular weight is 702 g/mol. The first-order chi connectivity index (χ1) is 23.2. The molecule has 284 valence electrons. The van der Waals surface area contributed by atoms with Crippen LogP contribution in [0, 0.1) is 56.7 Å². The van der Waals surface area contributed by atoms with Crippen molar-refractivity contribution in [3.05, 3.63) is 11.6 Å². The molecule has 4 fully saturated rings. The van der Waals surface area contributed by atoms with Crippen molar-refractivity contribution in [1.82, 2.24) is 4.90 Å². The van der Waals surface area contributed by atoms with E-state index in [1.54, 1.807) is 0 Å². The zero-order valence-electron chi connectivity index (χ0n) is 33.1. The summed E-state index contributed by atoms with van der Waals surface area (Å²) in [7, 11) is 4.12. The summed E-state index contributed by atoms with van der Waals surface area (Å²) < 4.78 is 25.5. The van der Waals surface area contributed by atoms with Crippen LogP contribution in [0.4, 0.5) is 0 Å². The minimum absolute atomic E-state index is 0.0270. The van der Waals surface area contributed by atoms with Crippen LogP contribution in [0.1, 0.15) is 108 Å². The Bertz CT molecular complexity index is 1360. The minimum atomic E-state index is -1.06. The highest BCUT2D eigenvalue weighted by molar-refractivity contribution is 6.00. The highest BCUT2D eigenvalue weighted by atomic mass is 16.6. The van der Waals surface area contributed by atoms with Crippen LogP contribution in [-0.4, -0.2) is 92.6 Å². The van der Waals surface area contributed by atoms with Gasteiger partial charge in [-0.05, 0) is 107 Å². The molecule has 50 heavy (non-hydrogen) atoms. The molecule has 4 aliphatic carbocycles. The van der Waals surface area contributed by atoms with E-state index in [2.05, 4.69) is 67.5 Å². The van der Waals surface area contributed by atoms with E-state index in [0.717, 1.165) is 37.7 Å². The van der Waals surface area contributed by atoms with E-state index < -0.39 is 51.2 Å². The second-order valence-electron chi connectivity index (χ2n) is 18.7. The second kappa shape index (κ2) is 13.6. The van der Waals surface area contributed by atoms with Gasteiger partial charge in [-0.15, -0.1) is 0 Å². The molecule has 1 aliphatic heterocycles. The number of rotatable bonds is 12. The Morgan fingerprint density at radius 2 is 1.78 bits per heavy atom. The number of esters is 1. The number of fused-ring (bicyclic) bond motifs is 3. The Hall–Kier alpha value is -1.81. The number of carbonyl (C=O) groups excluding carboxylic acids is 2. The number of aliphatic carboxylic acids is 1. The summed E-state index contributed by atoms with van der Waals surface area (Å²) in [5.74, 6) is -1.46. The summed E-state index contributed by atoms with van der Waals surface area (Å²) in [5, 5.41) is 11.0. The van der Waals surface area contributed by atoms with E-state index >= 15 is 0 Å². The lowest BCUT2D eigenvalue weighted by Gasteiger charge is -2.70. The Morgan fingerprint density at radius 3 is 2.36 bits per heavy atom. The Morgan fingerprint density at radius 1 is 1.10 bits per heavy atom. The normalized spacial score (nSPS) is 42.9. The standard InChI is InChI=1S/C41H67NO8/c1-13-47-19-18-36(6,42(11)12)22-49-34-30(50-27(5)43)21-41-24-48-23-38(34,8)31(41)15-14-28-29(41)20-32(44)40(10)33(35(45)46)37(7,26(4)25(2)3)16-17-39(28,40)9/h20,25-26,28,30-31,33-34H,13-19,21-24H2,1-12H3,(H,45,46)/t26-,28+,30-,31+,33-,34+,36?,37-,38-,39-,40+,41+/m1/s1. The second-order valence-corrected chi connectivity index (χ2v) is 18.7. The first-order valence-corrected chi connectivity index (χ1v) is 19.3. The van der Waals surface area contributed by atoms with Gasteiger partial charge in [-0.3, -0.25) is 14.4 Å². The predicted molar refractivity (Wildman–Crippen MR) is 192 cm³/mol. The first-order valence-electron chi connectivity index (χ1n) is 19.3. The van der Waals surface area contributed by atoms with Crippen molar-refractivity contribution < 1.29 is 38.4 Å². The van der Waals surface area contributed by atoms with E-state index in [9.17, 15) is 19.5 Å². The van der Waals surface area contributed by atoms with Gasteiger partial charge >= 0.3 is 11.9 Å². The average Bonchev–Trinajstić information content (AvgIpc) is 3.01. The fraction of sp³-hybridized carbons (Fsp3) is 0.878. The quantitative estimate of drug-likeness (QED) is 0.173. The number of likely N-dealkylation sites (N-methyl/N-ethyl adjacent to an activating group) is 1. The van der Waals surface area contributed by atoms with Gasteiger partial charge in [0.05, 0.1) is 25.7 Å². The summed E-state index contributed by atoms with van der Waals surface area (Å²) in [6.07, 6.45) is 5.61. The van der Waals surface area contributed by atoms with Gasteiger partial charge in [-0.2, -0.15) is 0 Å². The Balaban J connectivity index is 1.57. The van der Waals surface area contributed by atoms with Crippen molar-refractivity contribution in [2.75, 3.05) is 47.1 Å². The summed E-state index contributed by atoms with van der Waals surface area (Å²) in [5.41, 5.74) is -2.30. The SMILES string of the molecule is CCOCCC(C)(CO[C@H]1[C@H](OC(C)=O)C[C@@]23COC[C@]1(C)[C@@H]2CC[C@H]1C3=CC(=O)[C@@]2(C)[C@H](C(=O)O)[C@@](C)([C@H](C)C(C)C)CC[C@]12C)N(C)C. The van der Waals surface area contributed by atoms with Crippen molar-refractivity contribution in [1.29, 1.82) is 0 Å². The maximum absolute atomic E-state index is 14.9. The number of hydrogen-bond donors (Lipinski definition) is 1. The van der Waals surface area contributed by atoms with Crippen LogP contribution < -0.4 is 0 Å². The van der Waals surface area contributed by atoms with E-state index in [0.29, 0.717) is 45.4 Å². The van der Waals surface area contributed by atoms with Crippen molar-refractivity contribution in [3.63, 3.8) is 0 Å². The van der Waals surface area contributed by atoms with Crippen LogP contribution in [-0.2, 0) is 33.3 Å². The molecule has 0 amide bonds. The predicted octanol–water partition coefficient (Wildman–Crippen LogP) is 6.82. The molecule has 0 radical (unpaired) electrons. The third-order valence-corrected chi connectivity index (χ3v) is 15.9. The van der Waals surface area contributed by atoms with Gasteiger partial charge in [0.25, 0.3) is 0 Å². The number of carboxylic acid groups (broad SMARTS) is 1.